The van der Waals surface area contributed by atoms with E-state index in [-0.39, 0.29) is 11.9 Å². The number of rotatable bonds is 5. The number of amides is 1. The molecule has 0 spiro atoms. The second-order valence-electron chi connectivity index (χ2n) is 5.77. The molecular formula is C16H25N3O. The summed E-state index contributed by atoms with van der Waals surface area (Å²) in [7, 11) is 1.97. The first-order valence-corrected chi connectivity index (χ1v) is 7.36. The van der Waals surface area contributed by atoms with Gasteiger partial charge in [0.25, 0.3) is 0 Å². The molecular weight excluding hydrogens is 250 g/mol. The lowest BCUT2D eigenvalue weighted by molar-refractivity contribution is -0.122. The second kappa shape index (κ2) is 6.86. The molecule has 110 valence electrons. The summed E-state index contributed by atoms with van der Waals surface area (Å²) >= 11 is 0. The average molecular weight is 275 g/mol. The second-order valence-corrected chi connectivity index (χ2v) is 5.77. The normalized spacial score (nSPS) is 18.1. The molecule has 4 heteroatoms. The monoisotopic (exact) mass is 275 g/mol. The summed E-state index contributed by atoms with van der Waals surface area (Å²) in [5.41, 5.74) is 2.71. The van der Waals surface area contributed by atoms with E-state index in [0.29, 0.717) is 19.1 Å². The van der Waals surface area contributed by atoms with Crippen molar-refractivity contribution >= 4 is 5.91 Å². The Labute approximate surface area is 121 Å². The molecule has 1 aromatic rings. The number of carbonyl (C=O) groups excluding carboxylic acids is 1. The van der Waals surface area contributed by atoms with Crippen LogP contribution in [0, 0.1) is 0 Å². The first-order valence-electron chi connectivity index (χ1n) is 7.36. The smallest absolute Gasteiger partial charge is 0.234 e. The highest BCUT2D eigenvalue weighted by Crippen LogP contribution is 2.21. The summed E-state index contributed by atoms with van der Waals surface area (Å²) in [5, 5.41) is 6.51. The summed E-state index contributed by atoms with van der Waals surface area (Å²) in [5.74, 6) is 0.0889. The SMILES string of the molecule is CC(C)N(C)CC(=O)NCC1NCCc2ccccc21. The zero-order valence-corrected chi connectivity index (χ0v) is 12.6. The molecule has 0 bridgehead atoms. The van der Waals surface area contributed by atoms with Crippen LogP contribution in [0.15, 0.2) is 24.3 Å². The molecule has 0 radical (unpaired) electrons. The fourth-order valence-electron chi connectivity index (χ4n) is 2.46. The van der Waals surface area contributed by atoms with E-state index < -0.39 is 0 Å². The minimum absolute atomic E-state index is 0.0889. The van der Waals surface area contributed by atoms with Gasteiger partial charge in [-0.2, -0.15) is 0 Å². The predicted octanol–water partition coefficient (Wildman–Crippen LogP) is 1.33. The number of hydrogen-bond donors (Lipinski definition) is 2. The van der Waals surface area contributed by atoms with Gasteiger partial charge in [0.1, 0.15) is 0 Å². The molecule has 1 aliphatic rings. The third-order valence-electron chi connectivity index (χ3n) is 3.99. The third kappa shape index (κ3) is 3.81. The van der Waals surface area contributed by atoms with Crippen LogP contribution in [0.25, 0.3) is 0 Å². The van der Waals surface area contributed by atoms with E-state index >= 15 is 0 Å². The molecule has 20 heavy (non-hydrogen) atoms. The summed E-state index contributed by atoms with van der Waals surface area (Å²) < 4.78 is 0. The zero-order chi connectivity index (χ0) is 14.5. The van der Waals surface area contributed by atoms with Crippen LogP contribution in [-0.2, 0) is 11.2 Å². The summed E-state index contributed by atoms with van der Waals surface area (Å²) in [4.78, 5) is 14.0. The van der Waals surface area contributed by atoms with Crippen molar-refractivity contribution in [3.05, 3.63) is 35.4 Å². The van der Waals surface area contributed by atoms with Crippen LogP contribution in [0.3, 0.4) is 0 Å². The molecule has 0 saturated carbocycles. The maximum atomic E-state index is 11.9. The van der Waals surface area contributed by atoms with Gasteiger partial charge in [-0.05, 0) is 45.0 Å². The lowest BCUT2D eigenvalue weighted by atomic mass is 9.94. The van der Waals surface area contributed by atoms with Crippen molar-refractivity contribution in [2.75, 3.05) is 26.7 Å². The maximum Gasteiger partial charge on any atom is 0.234 e. The lowest BCUT2D eigenvalue weighted by Gasteiger charge is -2.27. The number of likely N-dealkylation sites (N-methyl/N-ethyl adjacent to an activating group) is 1. The minimum atomic E-state index is 0.0889. The Morgan fingerprint density at radius 3 is 2.95 bits per heavy atom. The van der Waals surface area contributed by atoms with Gasteiger partial charge in [0.15, 0.2) is 0 Å². The van der Waals surface area contributed by atoms with Crippen molar-refractivity contribution in [2.24, 2.45) is 0 Å². The van der Waals surface area contributed by atoms with E-state index in [2.05, 4.69) is 48.7 Å². The molecule has 1 amide bonds. The van der Waals surface area contributed by atoms with Crippen molar-refractivity contribution in [1.29, 1.82) is 0 Å². The molecule has 1 atom stereocenters. The van der Waals surface area contributed by atoms with Crippen LogP contribution in [0.2, 0.25) is 0 Å². The van der Waals surface area contributed by atoms with E-state index in [0.717, 1.165) is 13.0 Å². The van der Waals surface area contributed by atoms with Gasteiger partial charge in [-0.3, -0.25) is 9.69 Å². The summed E-state index contributed by atoms with van der Waals surface area (Å²) in [6.45, 7) is 6.26. The highest BCUT2D eigenvalue weighted by molar-refractivity contribution is 5.78. The third-order valence-corrected chi connectivity index (χ3v) is 3.99. The highest BCUT2D eigenvalue weighted by atomic mass is 16.2. The first kappa shape index (κ1) is 15.0. The minimum Gasteiger partial charge on any atom is -0.353 e. The Balaban J connectivity index is 1.88. The quantitative estimate of drug-likeness (QED) is 0.852. The van der Waals surface area contributed by atoms with E-state index in [1.54, 1.807) is 0 Å². The molecule has 2 rings (SSSR count). The van der Waals surface area contributed by atoms with E-state index in [4.69, 9.17) is 0 Å². The Morgan fingerprint density at radius 1 is 1.45 bits per heavy atom. The number of fused-ring (bicyclic) bond motifs is 1. The number of nitrogens with zero attached hydrogens (tertiary/aromatic N) is 1. The molecule has 1 heterocycles. The van der Waals surface area contributed by atoms with Crippen LogP contribution in [0.4, 0.5) is 0 Å². The van der Waals surface area contributed by atoms with Gasteiger partial charge in [-0.1, -0.05) is 24.3 Å². The number of hydrogen-bond acceptors (Lipinski definition) is 3. The molecule has 0 aromatic heterocycles. The van der Waals surface area contributed by atoms with Gasteiger partial charge >= 0.3 is 0 Å². The predicted molar refractivity (Wildman–Crippen MR) is 81.7 cm³/mol. The van der Waals surface area contributed by atoms with Crippen LogP contribution in [-0.4, -0.2) is 43.5 Å². The Hall–Kier alpha value is -1.39. The molecule has 0 fully saturated rings. The number of benzene rings is 1. The number of carbonyl (C=O) groups is 1. The van der Waals surface area contributed by atoms with Gasteiger partial charge in [-0.15, -0.1) is 0 Å². The lowest BCUT2D eigenvalue weighted by Crippen LogP contribution is -2.43. The van der Waals surface area contributed by atoms with Crippen LogP contribution >= 0.6 is 0 Å². The zero-order valence-electron chi connectivity index (χ0n) is 12.6. The largest absolute Gasteiger partial charge is 0.353 e. The van der Waals surface area contributed by atoms with Crippen LogP contribution in [0.5, 0.6) is 0 Å². The standard InChI is InChI=1S/C16H25N3O/c1-12(2)19(3)11-16(20)18-10-15-14-7-5-4-6-13(14)8-9-17-15/h4-7,12,15,17H,8-11H2,1-3H3,(H,18,20). The Kier molecular flexibility index (Phi) is 5.15. The van der Waals surface area contributed by atoms with Gasteiger partial charge in [0.2, 0.25) is 5.91 Å². The topological polar surface area (TPSA) is 44.4 Å². The maximum absolute atomic E-state index is 11.9. The molecule has 0 saturated heterocycles. The summed E-state index contributed by atoms with van der Waals surface area (Å²) in [6, 6.07) is 9.09. The highest BCUT2D eigenvalue weighted by Gasteiger charge is 2.19. The van der Waals surface area contributed by atoms with Crippen LogP contribution in [0.1, 0.15) is 31.0 Å². The van der Waals surface area contributed by atoms with Crippen LogP contribution < -0.4 is 10.6 Å². The Morgan fingerprint density at radius 2 is 2.20 bits per heavy atom. The summed E-state index contributed by atoms with van der Waals surface area (Å²) in [6.07, 6.45) is 1.07. The van der Waals surface area contributed by atoms with Gasteiger partial charge in [0, 0.05) is 18.6 Å². The van der Waals surface area contributed by atoms with Crippen molar-refractivity contribution < 1.29 is 4.79 Å². The average Bonchev–Trinajstić information content (AvgIpc) is 2.44. The van der Waals surface area contributed by atoms with Gasteiger partial charge in [0.05, 0.1) is 6.54 Å². The van der Waals surface area contributed by atoms with Crippen molar-refractivity contribution in [3.8, 4) is 0 Å². The molecule has 1 unspecified atom stereocenters. The fraction of sp³-hybridized carbons (Fsp3) is 0.562. The van der Waals surface area contributed by atoms with Crippen molar-refractivity contribution in [1.82, 2.24) is 15.5 Å². The molecule has 1 aliphatic heterocycles. The molecule has 0 aliphatic carbocycles. The molecule has 4 nitrogen and oxygen atoms in total. The number of nitrogens with one attached hydrogen (secondary N) is 2. The molecule has 2 N–H and O–H groups in total. The van der Waals surface area contributed by atoms with E-state index in [1.807, 2.05) is 11.9 Å². The van der Waals surface area contributed by atoms with E-state index in [1.165, 1.54) is 11.1 Å². The van der Waals surface area contributed by atoms with E-state index in [9.17, 15) is 4.79 Å². The van der Waals surface area contributed by atoms with Gasteiger partial charge < -0.3 is 10.6 Å². The fourth-order valence-corrected chi connectivity index (χ4v) is 2.46. The first-order chi connectivity index (χ1) is 9.58. The van der Waals surface area contributed by atoms with Crippen molar-refractivity contribution in [2.45, 2.75) is 32.4 Å². The molecule has 1 aromatic carbocycles. The van der Waals surface area contributed by atoms with Crippen molar-refractivity contribution in [3.63, 3.8) is 0 Å². The van der Waals surface area contributed by atoms with Gasteiger partial charge in [-0.25, -0.2) is 0 Å². The Bertz CT molecular complexity index is 459.